The standard InChI is InChI=1S/C18H18N2O3/c21-18(20-8-7-13-3-1-2-4-14(13)11-20)10-19-15-5-6-16-17(9-15)23-12-22-16/h1-6,9,19H,7-8,10-12H2. The Balaban J connectivity index is 1.37. The molecule has 0 radical (unpaired) electrons. The minimum absolute atomic E-state index is 0.108. The number of hydrogen-bond acceptors (Lipinski definition) is 4. The summed E-state index contributed by atoms with van der Waals surface area (Å²) in [5.41, 5.74) is 3.45. The van der Waals surface area contributed by atoms with Gasteiger partial charge in [0.1, 0.15) is 0 Å². The Bertz CT molecular complexity index is 745. The predicted octanol–water partition coefficient (Wildman–Crippen LogP) is 2.41. The molecule has 0 spiro atoms. The van der Waals surface area contributed by atoms with E-state index < -0.39 is 0 Å². The molecule has 0 fully saturated rings. The number of benzene rings is 2. The summed E-state index contributed by atoms with van der Waals surface area (Å²) in [6, 6.07) is 13.9. The van der Waals surface area contributed by atoms with Crippen LogP contribution in [-0.2, 0) is 17.8 Å². The minimum Gasteiger partial charge on any atom is -0.454 e. The zero-order valence-corrected chi connectivity index (χ0v) is 12.7. The Hall–Kier alpha value is -2.69. The molecule has 5 nitrogen and oxygen atoms in total. The topological polar surface area (TPSA) is 50.8 Å². The number of nitrogens with zero attached hydrogens (tertiary/aromatic N) is 1. The van der Waals surface area contributed by atoms with Crippen molar-refractivity contribution >= 4 is 11.6 Å². The molecule has 2 aromatic carbocycles. The first kappa shape index (κ1) is 13.9. The van der Waals surface area contributed by atoms with Gasteiger partial charge in [0.05, 0.1) is 6.54 Å². The Morgan fingerprint density at radius 1 is 1.09 bits per heavy atom. The van der Waals surface area contributed by atoms with E-state index in [0.717, 1.165) is 24.4 Å². The molecule has 5 heteroatoms. The number of carbonyl (C=O) groups is 1. The van der Waals surface area contributed by atoms with Gasteiger partial charge in [-0.1, -0.05) is 24.3 Å². The van der Waals surface area contributed by atoms with Gasteiger partial charge in [-0.3, -0.25) is 4.79 Å². The van der Waals surface area contributed by atoms with Gasteiger partial charge in [0, 0.05) is 24.8 Å². The number of fused-ring (bicyclic) bond motifs is 2. The van der Waals surface area contributed by atoms with E-state index in [1.54, 1.807) is 0 Å². The Kier molecular flexibility index (Phi) is 3.54. The average Bonchev–Trinajstić information content (AvgIpc) is 3.07. The first-order chi connectivity index (χ1) is 11.3. The number of ether oxygens (including phenoxy) is 2. The first-order valence-corrected chi connectivity index (χ1v) is 7.78. The summed E-state index contributed by atoms with van der Waals surface area (Å²) >= 11 is 0. The van der Waals surface area contributed by atoms with E-state index in [9.17, 15) is 4.79 Å². The van der Waals surface area contributed by atoms with E-state index in [1.807, 2.05) is 29.2 Å². The van der Waals surface area contributed by atoms with Crippen molar-refractivity contribution in [2.24, 2.45) is 0 Å². The second-order valence-electron chi connectivity index (χ2n) is 5.76. The molecule has 0 bridgehead atoms. The molecule has 118 valence electrons. The van der Waals surface area contributed by atoms with Crippen LogP contribution in [0.5, 0.6) is 11.5 Å². The lowest BCUT2D eigenvalue weighted by atomic mass is 10.00. The monoisotopic (exact) mass is 310 g/mol. The van der Waals surface area contributed by atoms with Crippen LogP contribution in [0.4, 0.5) is 5.69 Å². The van der Waals surface area contributed by atoms with Gasteiger partial charge in [-0.2, -0.15) is 0 Å². The fourth-order valence-corrected chi connectivity index (χ4v) is 3.00. The lowest BCUT2D eigenvalue weighted by Gasteiger charge is -2.29. The molecule has 0 saturated carbocycles. The van der Waals surface area contributed by atoms with Gasteiger partial charge in [-0.15, -0.1) is 0 Å². The molecule has 0 aliphatic carbocycles. The predicted molar refractivity (Wildman–Crippen MR) is 86.6 cm³/mol. The Morgan fingerprint density at radius 2 is 1.91 bits per heavy atom. The third kappa shape index (κ3) is 2.82. The summed E-state index contributed by atoms with van der Waals surface area (Å²) < 4.78 is 10.6. The summed E-state index contributed by atoms with van der Waals surface area (Å²) in [6.45, 7) is 2.00. The van der Waals surface area contributed by atoms with Gasteiger partial charge in [-0.25, -0.2) is 0 Å². The highest BCUT2D eigenvalue weighted by molar-refractivity contribution is 5.81. The fourth-order valence-electron chi connectivity index (χ4n) is 3.00. The van der Waals surface area contributed by atoms with E-state index in [1.165, 1.54) is 11.1 Å². The summed E-state index contributed by atoms with van der Waals surface area (Å²) in [6.07, 6.45) is 0.923. The van der Waals surface area contributed by atoms with Crippen LogP contribution in [0.3, 0.4) is 0 Å². The molecule has 2 aromatic rings. The second-order valence-corrected chi connectivity index (χ2v) is 5.76. The molecular weight excluding hydrogens is 292 g/mol. The molecule has 23 heavy (non-hydrogen) atoms. The van der Waals surface area contributed by atoms with E-state index in [-0.39, 0.29) is 19.2 Å². The van der Waals surface area contributed by atoms with Gasteiger partial charge in [0.2, 0.25) is 12.7 Å². The van der Waals surface area contributed by atoms with Gasteiger partial charge in [0.15, 0.2) is 11.5 Å². The molecule has 0 atom stereocenters. The Labute approximate surface area is 134 Å². The van der Waals surface area contributed by atoms with Crippen LogP contribution in [0.15, 0.2) is 42.5 Å². The number of carbonyl (C=O) groups excluding carboxylic acids is 1. The molecule has 1 N–H and O–H groups in total. The summed E-state index contributed by atoms with van der Waals surface area (Å²) in [5, 5.41) is 3.17. The van der Waals surface area contributed by atoms with Crippen molar-refractivity contribution in [1.29, 1.82) is 0 Å². The van der Waals surface area contributed by atoms with Crippen molar-refractivity contribution in [2.75, 3.05) is 25.2 Å². The van der Waals surface area contributed by atoms with Gasteiger partial charge in [0.25, 0.3) is 0 Å². The van der Waals surface area contributed by atoms with Crippen LogP contribution in [0, 0.1) is 0 Å². The SMILES string of the molecule is O=C(CNc1ccc2c(c1)OCO2)N1CCc2ccccc2C1. The molecular formula is C18H18N2O3. The number of hydrogen-bond donors (Lipinski definition) is 1. The zero-order valence-electron chi connectivity index (χ0n) is 12.7. The smallest absolute Gasteiger partial charge is 0.242 e. The highest BCUT2D eigenvalue weighted by Crippen LogP contribution is 2.34. The molecule has 1 amide bonds. The lowest BCUT2D eigenvalue weighted by Crippen LogP contribution is -2.39. The second kappa shape index (κ2) is 5.83. The maximum absolute atomic E-state index is 12.4. The van der Waals surface area contributed by atoms with Crippen molar-refractivity contribution in [2.45, 2.75) is 13.0 Å². The number of rotatable bonds is 3. The van der Waals surface area contributed by atoms with Crippen LogP contribution in [-0.4, -0.2) is 30.7 Å². The maximum atomic E-state index is 12.4. The lowest BCUT2D eigenvalue weighted by molar-refractivity contribution is -0.130. The maximum Gasteiger partial charge on any atom is 0.242 e. The highest BCUT2D eigenvalue weighted by Gasteiger charge is 2.20. The normalized spacial score (nSPS) is 15.2. The van der Waals surface area contributed by atoms with Crippen LogP contribution < -0.4 is 14.8 Å². The summed E-state index contributed by atoms with van der Waals surface area (Å²) in [4.78, 5) is 14.3. The third-order valence-corrected chi connectivity index (χ3v) is 4.30. The third-order valence-electron chi connectivity index (χ3n) is 4.30. The zero-order chi connectivity index (χ0) is 15.6. The molecule has 2 heterocycles. The number of amides is 1. The Morgan fingerprint density at radius 3 is 2.83 bits per heavy atom. The minimum atomic E-state index is 0.108. The molecule has 0 saturated heterocycles. The molecule has 4 rings (SSSR count). The van der Waals surface area contributed by atoms with Crippen molar-refractivity contribution in [3.05, 3.63) is 53.6 Å². The largest absolute Gasteiger partial charge is 0.454 e. The molecule has 2 aliphatic heterocycles. The molecule has 0 aromatic heterocycles. The summed E-state index contributed by atoms with van der Waals surface area (Å²) in [5.74, 6) is 1.57. The van der Waals surface area contributed by atoms with Crippen molar-refractivity contribution in [3.63, 3.8) is 0 Å². The van der Waals surface area contributed by atoms with E-state index >= 15 is 0 Å². The molecule has 2 aliphatic rings. The van der Waals surface area contributed by atoms with E-state index in [2.05, 4.69) is 23.5 Å². The quantitative estimate of drug-likeness (QED) is 0.946. The van der Waals surface area contributed by atoms with Crippen LogP contribution in [0.2, 0.25) is 0 Å². The summed E-state index contributed by atoms with van der Waals surface area (Å²) in [7, 11) is 0. The average molecular weight is 310 g/mol. The number of nitrogens with one attached hydrogen (secondary N) is 1. The number of anilines is 1. The van der Waals surface area contributed by atoms with Crippen LogP contribution >= 0.6 is 0 Å². The van der Waals surface area contributed by atoms with Crippen molar-refractivity contribution in [3.8, 4) is 11.5 Å². The van der Waals surface area contributed by atoms with Crippen LogP contribution in [0.1, 0.15) is 11.1 Å². The van der Waals surface area contributed by atoms with Gasteiger partial charge < -0.3 is 19.7 Å². The van der Waals surface area contributed by atoms with Gasteiger partial charge >= 0.3 is 0 Å². The van der Waals surface area contributed by atoms with Gasteiger partial charge in [-0.05, 0) is 29.7 Å². The van der Waals surface area contributed by atoms with E-state index in [0.29, 0.717) is 12.3 Å². The fraction of sp³-hybridized carbons (Fsp3) is 0.278. The van der Waals surface area contributed by atoms with E-state index in [4.69, 9.17) is 9.47 Å². The van der Waals surface area contributed by atoms with Crippen LogP contribution in [0.25, 0.3) is 0 Å². The van der Waals surface area contributed by atoms with Crippen molar-refractivity contribution < 1.29 is 14.3 Å². The molecule has 0 unspecified atom stereocenters. The highest BCUT2D eigenvalue weighted by atomic mass is 16.7. The first-order valence-electron chi connectivity index (χ1n) is 7.78. The van der Waals surface area contributed by atoms with Crippen molar-refractivity contribution in [1.82, 2.24) is 4.90 Å².